The second kappa shape index (κ2) is 9.64. The number of benzene rings is 1. The Labute approximate surface area is 190 Å². The Balaban J connectivity index is 1.24. The van der Waals surface area contributed by atoms with Crippen molar-refractivity contribution >= 4 is 11.7 Å². The molecule has 0 saturated carbocycles. The number of nitrogens with zero attached hydrogens (tertiary/aromatic N) is 5. The lowest BCUT2D eigenvalue weighted by Gasteiger charge is -2.39. The van der Waals surface area contributed by atoms with E-state index in [0.717, 1.165) is 44.1 Å². The van der Waals surface area contributed by atoms with Crippen LogP contribution in [0.25, 0.3) is 0 Å². The first kappa shape index (κ1) is 23.4. The van der Waals surface area contributed by atoms with Gasteiger partial charge < -0.3 is 14.9 Å². The summed E-state index contributed by atoms with van der Waals surface area (Å²) < 4.78 is 39.1. The monoisotopic (exact) mass is 463 g/mol. The first-order chi connectivity index (χ1) is 15.7. The van der Waals surface area contributed by atoms with Crippen LogP contribution in [0.2, 0.25) is 0 Å². The van der Waals surface area contributed by atoms with Crippen molar-refractivity contribution in [3.63, 3.8) is 0 Å². The fourth-order valence-corrected chi connectivity index (χ4v) is 4.47. The molecular formula is C23H28F3N5O2. The van der Waals surface area contributed by atoms with E-state index < -0.39 is 17.3 Å². The van der Waals surface area contributed by atoms with E-state index in [0.29, 0.717) is 26.1 Å². The number of aliphatic hydroxyl groups is 1. The van der Waals surface area contributed by atoms with Gasteiger partial charge in [0.15, 0.2) is 0 Å². The molecular weight excluding hydrogens is 435 g/mol. The minimum atomic E-state index is -4.46. The van der Waals surface area contributed by atoms with Crippen LogP contribution in [0.1, 0.15) is 30.4 Å². The van der Waals surface area contributed by atoms with Crippen molar-refractivity contribution in [2.24, 2.45) is 0 Å². The molecule has 0 spiro atoms. The Hall–Kier alpha value is -2.72. The maximum absolute atomic E-state index is 13.0. The average molecular weight is 464 g/mol. The maximum Gasteiger partial charge on any atom is 0.416 e. The fraction of sp³-hybridized carbons (Fsp3) is 0.522. The van der Waals surface area contributed by atoms with Crippen LogP contribution in [-0.2, 0) is 16.6 Å². The van der Waals surface area contributed by atoms with Crippen molar-refractivity contribution in [3.05, 3.63) is 54.0 Å². The Morgan fingerprint density at radius 1 is 1.06 bits per heavy atom. The molecule has 2 fully saturated rings. The molecule has 0 unspecified atom stereocenters. The molecule has 0 aliphatic carbocycles. The van der Waals surface area contributed by atoms with E-state index in [4.69, 9.17) is 0 Å². The number of hydrogen-bond acceptors (Lipinski definition) is 6. The molecule has 2 aromatic rings. The third-order valence-electron chi connectivity index (χ3n) is 6.56. The largest absolute Gasteiger partial charge is 0.416 e. The number of aromatic nitrogens is 2. The van der Waals surface area contributed by atoms with Gasteiger partial charge in [0, 0.05) is 64.6 Å². The van der Waals surface area contributed by atoms with Crippen molar-refractivity contribution in [1.29, 1.82) is 0 Å². The number of alkyl halides is 3. The summed E-state index contributed by atoms with van der Waals surface area (Å²) >= 11 is 0. The topological polar surface area (TPSA) is 72.8 Å². The Morgan fingerprint density at radius 3 is 2.42 bits per heavy atom. The molecule has 1 aromatic carbocycles. The van der Waals surface area contributed by atoms with Crippen LogP contribution in [0, 0.1) is 0 Å². The third kappa shape index (κ3) is 5.62. The highest BCUT2D eigenvalue weighted by molar-refractivity contribution is 5.76. The highest BCUT2D eigenvalue weighted by Gasteiger charge is 2.38. The lowest BCUT2D eigenvalue weighted by atomic mass is 9.83. The molecule has 1 amide bonds. The summed E-state index contributed by atoms with van der Waals surface area (Å²) in [5.41, 5.74) is -1.87. The summed E-state index contributed by atoms with van der Waals surface area (Å²) in [4.78, 5) is 27.2. The second-order valence-corrected chi connectivity index (χ2v) is 8.63. The van der Waals surface area contributed by atoms with E-state index in [2.05, 4.69) is 19.8 Å². The molecule has 3 heterocycles. The highest BCUT2D eigenvalue weighted by Crippen LogP contribution is 2.36. The summed E-state index contributed by atoms with van der Waals surface area (Å²) in [5.74, 6) is 0.868. The molecule has 2 saturated heterocycles. The number of piperazine rings is 1. The molecule has 33 heavy (non-hydrogen) atoms. The van der Waals surface area contributed by atoms with Gasteiger partial charge in [0.2, 0.25) is 5.91 Å². The molecule has 10 heteroatoms. The lowest BCUT2D eigenvalue weighted by Crippen LogP contribution is -2.49. The summed E-state index contributed by atoms with van der Waals surface area (Å²) in [6.07, 6.45) is 1.43. The molecule has 7 nitrogen and oxygen atoms in total. The maximum atomic E-state index is 13.0. The van der Waals surface area contributed by atoms with Crippen molar-refractivity contribution in [2.75, 3.05) is 50.7 Å². The zero-order chi connectivity index (χ0) is 23.5. The zero-order valence-corrected chi connectivity index (χ0v) is 18.3. The van der Waals surface area contributed by atoms with Gasteiger partial charge in [-0.1, -0.05) is 12.1 Å². The van der Waals surface area contributed by atoms with Crippen molar-refractivity contribution < 1.29 is 23.1 Å². The normalized spacial score (nSPS) is 19.5. The van der Waals surface area contributed by atoms with Gasteiger partial charge in [-0.3, -0.25) is 14.7 Å². The van der Waals surface area contributed by atoms with Crippen molar-refractivity contribution in [1.82, 2.24) is 19.8 Å². The van der Waals surface area contributed by atoms with Crippen LogP contribution >= 0.6 is 0 Å². The van der Waals surface area contributed by atoms with Gasteiger partial charge in [-0.15, -0.1) is 0 Å². The van der Waals surface area contributed by atoms with E-state index >= 15 is 0 Å². The van der Waals surface area contributed by atoms with Crippen LogP contribution in [0.5, 0.6) is 0 Å². The predicted molar refractivity (Wildman–Crippen MR) is 116 cm³/mol. The van der Waals surface area contributed by atoms with E-state index in [1.54, 1.807) is 23.5 Å². The van der Waals surface area contributed by atoms with Crippen LogP contribution in [-0.4, -0.2) is 76.6 Å². The molecule has 178 valence electrons. The van der Waals surface area contributed by atoms with Gasteiger partial charge in [0.05, 0.1) is 17.4 Å². The number of likely N-dealkylation sites (tertiary alicyclic amines) is 1. The Morgan fingerprint density at radius 2 is 1.79 bits per heavy atom. The standard InChI is InChI=1S/C23H28F3N5O2/c24-23(25,26)19-3-1-2-18(16-19)22(33)5-10-31(11-6-22)21(32)4-9-29-12-14-30(15-13-29)20-17-27-7-8-28-20/h1-3,7-8,16-17,33H,4-6,9-15H2. The molecule has 0 radical (unpaired) electrons. The van der Waals surface area contributed by atoms with Gasteiger partial charge in [0.25, 0.3) is 0 Å². The second-order valence-electron chi connectivity index (χ2n) is 8.63. The molecule has 2 aliphatic rings. The number of amides is 1. The molecule has 1 aromatic heterocycles. The Kier molecular flexibility index (Phi) is 6.85. The van der Waals surface area contributed by atoms with Gasteiger partial charge in [-0.2, -0.15) is 13.2 Å². The molecule has 2 aliphatic heterocycles. The van der Waals surface area contributed by atoms with Crippen LogP contribution in [0.4, 0.5) is 19.0 Å². The van der Waals surface area contributed by atoms with Crippen molar-refractivity contribution in [3.8, 4) is 0 Å². The predicted octanol–water partition coefficient (Wildman–Crippen LogP) is 2.52. The number of hydrogen-bond donors (Lipinski definition) is 1. The summed E-state index contributed by atoms with van der Waals surface area (Å²) in [6.45, 7) is 4.61. The van der Waals surface area contributed by atoms with Gasteiger partial charge >= 0.3 is 6.18 Å². The minimum Gasteiger partial charge on any atom is -0.385 e. The van der Waals surface area contributed by atoms with E-state index in [1.807, 2.05) is 0 Å². The van der Waals surface area contributed by atoms with E-state index in [9.17, 15) is 23.1 Å². The van der Waals surface area contributed by atoms with Gasteiger partial charge in [0.1, 0.15) is 5.82 Å². The lowest BCUT2D eigenvalue weighted by molar-refractivity contribution is -0.137. The molecule has 0 bridgehead atoms. The van der Waals surface area contributed by atoms with Crippen molar-refractivity contribution in [2.45, 2.75) is 31.0 Å². The Bertz CT molecular complexity index is 941. The molecule has 0 atom stereocenters. The summed E-state index contributed by atoms with van der Waals surface area (Å²) in [7, 11) is 0. The quantitative estimate of drug-likeness (QED) is 0.735. The van der Waals surface area contributed by atoms with E-state index in [1.165, 1.54) is 12.1 Å². The zero-order valence-electron chi connectivity index (χ0n) is 18.3. The van der Waals surface area contributed by atoms with Crippen LogP contribution in [0.15, 0.2) is 42.9 Å². The SMILES string of the molecule is O=C(CCN1CCN(c2cnccn2)CC1)N1CCC(O)(c2cccc(C(F)(F)F)c2)CC1. The number of halogens is 3. The van der Waals surface area contributed by atoms with Gasteiger partial charge in [-0.05, 0) is 30.5 Å². The number of anilines is 1. The fourth-order valence-electron chi connectivity index (χ4n) is 4.47. The number of rotatable bonds is 5. The third-order valence-corrected chi connectivity index (χ3v) is 6.56. The minimum absolute atomic E-state index is 0.0115. The number of piperidine rings is 1. The average Bonchev–Trinajstić information content (AvgIpc) is 2.83. The number of carbonyl (C=O) groups excluding carboxylic acids is 1. The van der Waals surface area contributed by atoms with Gasteiger partial charge in [-0.25, -0.2) is 4.98 Å². The van der Waals surface area contributed by atoms with Crippen LogP contribution < -0.4 is 4.90 Å². The summed E-state index contributed by atoms with van der Waals surface area (Å²) in [5, 5.41) is 11.0. The summed E-state index contributed by atoms with van der Waals surface area (Å²) in [6, 6.07) is 4.85. The molecule has 1 N–H and O–H groups in total. The van der Waals surface area contributed by atoms with E-state index in [-0.39, 0.29) is 24.3 Å². The first-order valence-corrected chi connectivity index (χ1v) is 11.2. The molecule has 4 rings (SSSR count). The highest BCUT2D eigenvalue weighted by atomic mass is 19.4. The smallest absolute Gasteiger partial charge is 0.385 e. The number of carbonyl (C=O) groups is 1. The van der Waals surface area contributed by atoms with Crippen LogP contribution in [0.3, 0.4) is 0 Å². The first-order valence-electron chi connectivity index (χ1n) is 11.2.